The highest BCUT2D eigenvalue weighted by atomic mass is 16.6. The lowest BCUT2D eigenvalue weighted by Crippen LogP contribution is -2.58. The van der Waals surface area contributed by atoms with E-state index in [1.54, 1.807) is 0 Å². The third-order valence-corrected chi connectivity index (χ3v) is 11.5. The van der Waals surface area contributed by atoms with E-state index in [0.29, 0.717) is 37.2 Å². The summed E-state index contributed by atoms with van der Waals surface area (Å²) in [6.07, 6.45) is 14.1. The number of ether oxygens (including phenoxy) is 2. The van der Waals surface area contributed by atoms with Gasteiger partial charge in [0.15, 0.2) is 0 Å². The van der Waals surface area contributed by atoms with Crippen molar-refractivity contribution < 1.29 is 23.9 Å². The van der Waals surface area contributed by atoms with Crippen LogP contribution in [0.15, 0.2) is 29.4 Å². The van der Waals surface area contributed by atoms with E-state index in [2.05, 4.69) is 20.8 Å². The van der Waals surface area contributed by atoms with Crippen LogP contribution in [-0.2, 0) is 25.7 Å². The molecular formula is C33H43NO5. The van der Waals surface area contributed by atoms with Crippen LogP contribution in [0.5, 0.6) is 0 Å². The number of rotatable bonds is 6. The van der Waals surface area contributed by atoms with Crippen LogP contribution in [0.3, 0.4) is 0 Å². The topological polar surface area (TPSA) is 74.2 Å². The van der Waals surface area contributed by atoms with Crippen molar-refractivity contribution in [3.8, 4) is 0 Å². The lowest BCUT2D eigenvalue weighted by molar-refractivity contribution is -0.187. The van der Waals surface area contributed by atoms with Gasteiger partial charge in [-0.25, -0.2) is 4.79 Å². The lowest BCUT2D eigenvalue weighted by Gasteiger charge is -2.64. The average molecular weight is 534 g/mol. The van der Waals surface area contributed by atoms with Gasteiger partial charge in [0.2, 0.25) is 0 Å². The minimum Gasteiger partial charge on any atom is -0.466 e. The number of carbonyl (C=O) groups excluding carboxylic acids is 2. The van der Waals surface area contributed by atoms with Gasteiger partial charge in [-0.3, -0.25) is 4.79 Å². The van der Waals surface area contributed by atoms with Gasteiger partial charge in [-0.15, -0.1) is 0 Å². The molecule has 5 aliphatic rings. The molecule has 1 aromatic carbocycles. The summed E-state index contributed by atoms with van der Waals surface area (Å²) in [5, 5.41) is 4.76. The van der Waals surface area contributed by atoms with Gasteiger partial charge in [0.25, 0.3) is 0 Å². The molecule has 0 unspecified atom stereocenters. The van der Waals surface area contributed by atoms with Gasteiger partial charge in [-0.2, -0.15) is 0 Å². The SMILES string of the molecule is CCOC(=O)[C@]1(C)CCC[C@@]2(C)[C@@H]3CC[C@@]4(C)C[C@]3(CC[C@@H]21)C/C4=N\OC/C=C/c1ccc2c(c1)COC2=O. The van der Waals surface area contributed by atoms with Gasteiger partial charge >= 0.3 is 11.9 Å². The summed E-state index contributed by atoms with van der Waals surface area (Å²) < 4.78 is 10.7. The second kappa shape index (κ2) is 9.49. The van der Waals surface area contributed by atoms with Crippen LogP contribution >= 0.6 is 0 Å². The Morgan fingerprint density at radius 2 is 1.95 bits per heavy atom. The van der Waals surface area contributed by atoms with Crippen LogP contribution in [0.1, 0.15) is 107 Å². The number of hydrogen-bond donors (Lipinski definition) is 0. The fraction of sp³-hybridized carbons (Fsp3) is 0.667. The number of carbonyl (C=O) groups is 2. The van der Waals surface area contributed by atoms with E-state index in [1.807, 2.05) is 37.3 Å². The molecule has 4 saturated carbocycles. The van der Waals surface area contributed by atoms with E-state index in [9.17, 15) is 9.59 Å². The summed E-state index contributed by atoms with van der Waals surface area (Å²) in [5.41, 5.74) is 4.05. The summed E-state index contributed by atoms with van der Waals surface area (Å²) >= 11 is 0. The van der Waals surface area contributed by atoms with Crippen molar-refractivity contribution in [2.24, 2.45) is 38.7 Å². The number of hydrogen-bond acceptors (Lipinski definition) is 6. The minimum absolute atomic E-state index is 0.0226. The van der Waals surface area contributed by atoms with Gasteiger partial charge in [0, 0.05) is 11.0 Å². The van der Waals surface area contributed by atoms with Crippen LogP contribution < -0.4 is 0 Å². The first-order valence-electron chi connectivity index (χ1n) is 15.0. The molecule has 6 rings (SSSR count). The van der Waals surface area contributed by atoms with E-state index in [-0.39, 0.29) is 33.6 Å². The molecule has 1 aromatic rings. The first-order chi connectivity index (χ1) is 18.6. The van der Waals surface area contributed by atoms with E-state index >= 15 is 0 Å². The molecule has 6 heteroatoms. The number of nitrogens with zero attached hydrogens (tertiary/aromatic N) is 1. The summed E-state index contributed by atoms with van der Waals surface area (Å²) in [6, 6.07) is 5.76. The third kappa shape index (κ3) is 4.15. The van der Waals surface area contributed by atoms with E-state index in [1.165, 1.54) is 31.4 Å². The molecule has 4 fully saturated rings. The molecule has 1 heterocycles. The molecule has 6 atom stereocenters. The van der Waals surface area contributed by atoms with Gasteiger partial charge < -0.3 is 14.3 Å². The molecule has 1 spiro atoms. The van der Waals surface area contributed by atoms with Crippen LogP contribution in [0, 0.1) is 33.5 Å². The Balaban J connectivity index is 1.15. The number of cyclic esters (lactones) is 1. The first kappa shape index (κ1) is 26.6. The molecule has 0 amide bonds. The Morgan fingerprint density at radius 3 is 2.77 bits per heavy atom. The van der Waals surface area contributed by atoms with Crippen molar-refractivity contribution in [2.75, 3.05) is 13.2 Å². The van der Waals surface area contributed by atoms with Gasteiger partial charge in [-0.1, -0.05) is 37.6 Å². The smallest absolute Gasteiger partial charge is 0.338 e. The van der Waals surface area contributed by atoms with Crippen LogP contribution in [0.25, 0.3) is 6.08 Å². The molecule has 210 valence electrons. The zero-order chi connectivity index (χ0) is 27.5. The van der Waals surface area contributed by atoms with Crippen LogP contribution in [-0.4, -0.2) is 30.9 Å². The lowest BCUT2D eigenvalue weighted by atomic mass is 9.40. The second-order valence-electron chi connectivity index (χ2n) is 13.7. The van der Waals surface area contributed by atoms with Gasteiger partial charge in [0.05, 0.1) is 23.3 Å². The fourth-order valence-corrected chi connectivity index (χ4v) is 9.81. The quantitative estimate of drug-likeness (QED) is 0.221. The van der Waals surface area contributed by atoms with Crippen LogP contribution in [0.4, 0.5) is 0 Å². The first-order valence-corrected chi connectivity index (χ1v) is 15.0. The minimum atomic E-state index is -0.363. The van der Waals surface area contributed by atoms with E-state index in [0.717, 1.165) is 43.2 Å². The van der Waals surface area contributed by atoms with Crippen molar-refractivity contribution in [1.29, 1.82) is 0 Å². The van der Waals surface area contributed by atoms with Crippen molar-refractivity contribution >= 4 is 23.7 Å². The van der Waals surface area contributed by atoms with Crippen molar-refractivity contribution in [3.63, 3.8) is 0 Å². The molecular weight excluding hydrogens is 490 g/mol. The van der Waals surface area contributed by atoms with Crippen molar-refractivity contribution in [1.82, 2.24) is 0 Å². The maximum atomic E-state index is 13.2. The second-order valence-corrected chi connectivity index (χ2v) is 13.7. The standard InChI is InChI=1S/C33H43NO5/c1-5-37-29(36)32(4)14-7-13-31(3)25(32)12-16-33-19-27(30(2,21-33)15-11-26(31)33)34-39-17-6-8-22-9-10-24-23(18-22)20-38-28(24)35/h6,8-10,18,25-26H,5,7,11-17,19-21H2,1-4H3/b8-6+,34-27+/t25-,26-,30-,31+,32+,33-/m0/s1. The summed E-state index contributed by atoms with van der Waals surface area (Å²) in [7, 11) is 0. The molecule has 6 nitrogen and oxygen atoms in total. The third-order valence-electron chi connectivity index (χ3n) is 11.5. The number of esters is 2. The number of benzene rings is 1. The predicted octanol–water partition coefficient (Wildman–Crippen LogP) is 7.11. The Bertz CT molecular complexity index is 1240. The highest BCUT2D eigenvalue weighted by Crippen LogP contribution is 2.73. The molecule has 0 aromatic heterocycles. The summed E-state index contributed by atoms with van der Waals surface area (Å²) in [4.78, 5) is 30.7. The molecule has 2 bridgehead atoms. The normalized spacial score (nSPS) is 39.7. The van der Waals surface area contributed by atoms with Crippen molar-refractivity contribution in [3.05, 3.63) is 41.0 Å². The molecule has 1 aliphatic heterocycles. The molecule has 39 heavy (non-hydrogen) atoms. The van der Waals surface area contributed by atoms with Crippen molar-refractivity contribution in [2.45, 2.75) is 92.1 Å². The maximum Gasteiger partial charge on any atom is 0.338 e. The summed E-state index contributed by atoms with van der Waals surface area (Å²) in [6.45, 7) is 10.2. The Kier molecular flexibility index (Phi) is 6.47. The monoisotopic (exact) mass is 533 g/mol. The highest BCUT2D eigenvalue weighted by Gasteiger charge is 2.67. The van der Waals surface area contributed by atoms with E-state index < -0.39 is 0 Å². The predicted molar refractivity (Wildman–Crippen MR) is 150 cm³/mol. The largest absolute Gasteiger partial charge is 0.466 e. The zero-order valence-electron chi connectivity index (χ0n) is 24.0. The zero-order valence-corrected chi connectivity index (χ0v) is 24.0. The molecule has 4 aliphatic carbocycles. The highest BCUT2D eigenvalue weighted by molar-refractivity contribution is 5.94. The average Bonchev–Trinajstić information content (AvgIpc) is 3.36. The Hall–Kier alpha value is -2.63. The number of fused-ring (bicyclic) bond motifs is 4. The van der Waals surface area contributed by atoms with Crippen LogP contribution in [0.2, 0.25) is 0 Å². The molecule has 0 N–H and O–H groups in total. The van der Waals surface area contributed by atoms with Gasteiger partial charge in [0.1, 0.15) is 13.2 Å². The van der Waals surface area contributed by atoms with Gasteiger partial charge in [-0.05, 0) is 112 Å². The summed E-state index contributed by atoms with van der Waals surface area (Å²) in [5.74, 6) is 0.795. The van der Waals surface area contributed by atoms with E-state index in [4.69, 9.17) is 19.5 Å². The maximum absolute atomic E-state index is 13.2. The molecule has 0 saturated heterocycles. The Labute approximate surface area is 232 Å². The number of oxime groups is 1. The Morgan fingerprint density at radius 1 is 1.13 bits per heavy atom. The fourth-order valence-electron chi connectivity index (χ4n) is 9.81. The molecule has 0 radical (unpaired) electrons.